The van der Waals surface area contributed by atoms with E-state index in [0.717, 1.165) is 0 Å². The summed E-state index contributed by atoms with van der Waals surface area (Å²) in [6.45, 7) is 9.49. The smallest absolute Gasteiger partial charge is 0.261 e. The van der Waals surface area contributed by atoms with E-state index in [0.29, 0.717) is 43.7 Å². The molecule has 0 aliphatic carbocycles. The summed E-state index contributed by atoms with van der Waals surface area (Å²) in [5.41, 5.74) is 1.03. The highest BCUT2D eigenvalue weighted by Gasteiger charge is 2.37. The van der Waals surface area contributed by atoms with Crippen LogP contribution >= 0.6 is 0 Å². The molecule has 0 spiro atoms. The van der Waals surface area contributed by atoms with Crippen LogP contribution in [0.3, 0.4) is 0 Å². The van der Waals surface area contributed by atoms with Crippen LogP contribution in [0.1, 0.15) is 65.2 Å². The van der Waals surface area contributed by atoms with Crippen molar-refractivity contribution in [3.8, 4) is 0 Å². The molecule has 0 bridgehead atoms. The summed E-state index contributed by atoms with van der Waals surface area (Å²) in [6.07, 6.45) is 0.716. The number of amides is 4. The first-order valence-corrected chi connectivity index (χ1v) is 9.82. The van der Waals surface area contributed by atoms with E-state index in [1.165, 1.54) is 11.0 Å². The van der Waals surface area contributed by atoms with E-state index >= 15 is 0 Å². The van der Waals surface area contributed by atoms with Crippen LogP contribution in [-0.4, -0.2) is 70.5 Å². The van der Waals surface area contributed by atoms with Gasteiger partial charge in [-0.2, -0.15) is 0 Å². The molecule has 7 nitrogen and oxygen atoms in total. The van der Waals surface area contributed by atoms with E-state index in [9.17, 15) is 19.2 Å². The third-order valence-corrected chi connectivity index (χ3v) is 5.27. The number of carbonyl (C=O) groups excluding carboxylic acids is 4. The van der Waals surface area contributed by atoms with Crippen molar-refractivity contribution in [1.82, 2.24) is 14.7 Å². The quantitative estimate of drug-likeness (QED) is 0.746. The van der Waals surface area contributed by atoms with Crippen LogP contribution in [0.15, 0.2) is 18.2 Å². The van der Waals surface area contributed by atoms with Gasteiger partial charge in [-0.25, -0.2) is 0 Å². The molecule has 4 amide bonds. The number of hydrogen-bond donors (Lipinski definition) is 0. The molecule has 3 rings (SSSR count). The molecular weight excluding hydrogens is 358 g/mol. The van der Waals surface area contributed by atoms with Gasteiger partial charge in [0.05, 0.1) is 11.1 Å². The number of rotatable bonds is 3. The van der Waals surface area contributed by atoms with Gasteiger partial charge in [-0.15, -0.1) is 0 Å². The van der Waals surface area contributed by atoms with E-state index in [1.54, 1.807) is 30.9 Å². The molecule has 1 saturated heterocycles. The van der Waals surface area contributed by atoms with Gasteiger partial charge in [-0.05, 0) is 38.5 Å². The van der Waals surface area contributed by atoms with Crippen LogP contribution in [0, 0.1) is 5.92 Å². The van der Waals surface area contributed by atoms with E-state index in [4.69, 9.17) is 0 Å². The number of imide groups is 1. The molecule has 0 unspecified atom stereocenters. The van der Waals surface area contributed by atoms with Crippen molar-refractivity contribution in [2.45, 2.75) is 40.2 Å². The van der Waals surface area contributed by atoms with Crippen LogP contribution in [0.5, 0.6) is 0 Å². The molecule has 28 heavy (non-hydrogen) atoms. The summed E-state index contributed by atoms with van der Waals surface area (Å²) >= 11 is 0. The fourth-order valence-corrected chi connectivity index (χ4v) is 3.75. The van der Waals surface area contributed by atoms with Gasteiger partial charge in [0, 0.05) is 43.7 Å². The number of fused-ring (bicyclic) bond motifs is 1. The minimum atomic E-state index is -0.353. The number of nitrogens with zero attached hydrogens (tertiary/aromatic N) is 3. The lowest BCUT2D eigenvalue weighted by Gasteiger charge is -2.23. The highest BCUT2D eigenvalue weighted by atomic mass is 16.2. The van der Waals surface area contributed by atoms with Crippen molar-refractivity contribution in [3.63, 3.8) is 0 Å². The second-order valence-corrected chi connectivity index (χ2v) is 7.96. The Morgan fingerprint density at radius 3 is 2.11 bits per heavy atom. The van der Waals surface area contributed by atoms with Crippen LogP contribution in [0.2, 0.25) is 0 Å². The molecule has 2 aliphatic rings. The summed E-state index contributed by atoms with van der Waals surface area (Å²) in [5, 5.41) is 0. The molecule has 1 fully saturated rings. The van der Waals surface area contributed by atoms with Crippen molar-refractivity contribution in [2.24, 2.45) is 5.92 Å². The van der Waals surface area contributed by atoms with E-state index in [-0.39, 0.29) is 41.2 Å². The maximum absolute atomic E-state index is 13.0. The predicted molar refractivity (Wildman–Crippen MR) is 104 cm³/mol. The van der Waals surface area contributed by atoms with Gasteiger partial charge in [0.15, 0.2) is 0 Å². The Morgan fingerprint density at radius 2 is 1.46 bits per heavy atom. The molecule has 1 aromatic carbocycles. The molecule has 7 heteroatoms. The Kier molecular flexibility index (Phi) is 5.54. The van der Waals surface area contributed by atoms with Crippen LogP contribution < -0.4 is 0 Å². The Morgan fingerprint density at radius 1 is 0.857 bits per heavy atom. The first kappa shape index (κ1) is 20.0. The van der Waals surface area contributed by atoms with Gasteiger partial charge >= 0.3 is 0 Å². The molecule has 0 saturated carbocycles. The predicted octanol–water partition coefficient (Wildman–Crippen LogP) is 2.02. The standard InChI is InChI=1S/C21H27N3O4/c1-13(2)18(25)22-8-5-9-23(11-10-22)19(26)15-6-7-16-17(12-15)21(28)24(14(3)4)20(16)27/h6-7,12-14H,5,8-11H2,1-4H3. The summed E-state index contributed by atoms with van der Waals surface area (Å²) < 4.78 is 0. The minimum absolute atomic E-state index is 0.0635. The van der Waals surface area contributed by atoms with Crippen LogP contribution in [0.25, 0.3) is 0 Å². The highest BCUT2D eigenvalue weighted by Crippen LogP contribution is 2.26. The van der Waals surface area contributed by atoms with Crippen molar-refractivity contribution >= 4 is 23.6 Å². The Balaban J connectivity index is 1.77. The largest absolute Gasteiger partial charge is 0.341 e. The normalized spacial score (nSPS) is 17.4. The lowest BCUT2D eigenvalue weighted by atomic mass is 10.0. The second kappa shape index (κ2) is 7.73. The van der Waals surface area contributed by atoms with E-state index in [1.807, 2.05) is 18.7 Å². The second-order valence-electron chi connectivity index (χ2n) is 7.96. The molecule has 0 atom stereocenters. The first-order chi connectivity index (χ1) is 13.2. The zero-order valence-corrected chi connectivity index (χ0v) is 16.9. The third kappa shape index (κ3) is 3.53. The average Bonchev–Trinajstić information content (AvgIpc) is 2.82. The molecule has 150 valence electrons. The monoisotopic (exact) mass is 385 g/mol. The van der Waals surface area contributed by atoms with Gasteiger partial charge in [0.25, 0.3) is 17.7 Å². The average molecular weight is 385 g/mol. The van der Waals surface area contributed by atoms with Gasteiger partial charge in [-0.1, -0.05) is 13.8 Å². The zero-order chi connectivity index (χ0) is 20.6. The van der Waals surface area contributed by atoms with E-state index in [2.05, 4.69) is 0 Å². The fourth-order valence-electron chi connectivity index (χ4n) is 3.75. The molecular formula is C21H27N3O4. The Hall–Kier alpha value is -2.70. The Labute approximate surface area is 165 Å². The first-order valence-electron chi connectivity index (χ1n) is 9.82. The van der Waals surface area contributed by atoms with Gasteiger partial charge in [0.2, 0.25) is 5.91 Å². The van der Waals surface area contributed by atoms with Crippen LogP contribution in [-0.2, 0) is 4.79 Å². The molecule has 2 heterocycles. The zero-order valence-electron chi connectivity index (χ0n) is 16.9. The molecule has 2 aliphatic heterocycles. The summed E-state index contributed by atoms with van der Waals surface area (Å²) in [7, 11) is 0. The minimum Gasteiger partial charge on any atom is -0.341 e. The topological polar surface area (TPSA) is 78.0 Å². The summed E-state index contributed by atoms with van der Waals surface area (Å²) in [6, 6.07) is 4.47. The van der Waals surface area contributed by atoms with E-state index < -0.39 is 0 Å². The molecule has 0 radical (unpaired) electrons. The van der Waals surface area contributed by atoms with Crippen molar-refractivity contribution < 1.29 is 19.2 Å². The SMILES string of the molecule is CC(C)C(=O)N1CCCN(C(=O)c2ccc3c(c2)C(=O)N(C(C)C)C3=O)CC1. The Bertz CT molecular complexity index is 831. The van der Waals surface area contributed by atoms with Crippen molar-refractivity contribution in [3.05, 3.63) is 34.9 Å². The maximum Gasteiger partial charge on any atom is 0.261 e. The van der Waals surface area contributed by atoms with Gasteiger partial charge in [0.1, 0.15) is 0 Å². The molecule has 0 N–H and O–H groups in total. The highest BCUT2D eigenvalue weighted by molar-refractivity contribution is 6.22. The molecule has 1 aromatic rings. The molecule has 0 aromatic heterocycles. The maximum atomic E-state index is 13.0. The van der Waals surface area contributed by atoms with Crippen molar-refractivity contribution in [1.29, 1.82) is 0 Å². The van der Waals surface area contributed by atoms with Gasteiger partial charge < -0.3 is 9.80 Å². The summed E-state index contributed by atoms with van der Waals surface area (Å²) in [5.74, 6) is -0.804. The fraction of sp³-hybridized carbons (Fsp3) is 0.524. The lowest BCUT2D eigenvalue weighted by Crippen LogP contribution is -2.39. The number of carbonyl (C=O) groups is 4. The third-order valence-electron chi connectivity index (χ3n) is 5.27. The van der Waals surface area contributed by atoms with Crippen LogP contribution in [0.4, 0.5) is 0 Å². The lowest BCUT2D eigenvalue weighted by molar-refractivity contribution is -0.134. The summed E-state index contributed by atoms with van der Waals surface area (Å²) in [4.78, 5) is 54.9. The van der Waals surface area contributed by atoms with Gasteiger partial charge in [-0.3, -0.25) is 24.1 Å². The number of hydrogen-bond acceptors (Lipinski definition) is 4. The van der Waals surface area contributed by atoms with Crippen molar-refractivity contribution in [2.75, 3.05) is 26.2 Å². The number of benzene rings is 1.